The van der Waals surface area contributed by atoms with Crippen LogP contribution in [0, 0.1) is 0 Å². The Bertz CT molecular complexity index is 2580. The number of likely N-dealkylation sites (N-methyl/N-ethyl adjacent to an activating group) is 1. The molecule has 8 heterocycles. The van der Waals surface area contributed by atoms with Crippen LogP contribution in [0.1, 0.15) is 363 Å². The number of hydrogen-bond donors (Lipinski definition) is 0. The molecule has 0 bridgehead atoms. The average molecular weight is 1670 g/mol. The van der Waals surface area contributed by atoms with E-state index in [0.717, 1.165) is 13.0 Å². The highest BCUT2D eigenvalue weighted by Crippen LogP contribution is 2.26. The molecule has 8 aliphatic heterocycles. The molecular formula is C93H209N11O6S3. The molecule has 20 heteroatoms. The van der Waals surface area contributed by atoms with Gasteiger partial charge in [-0.1, -0.05) is 149 Å². The number of likely N-dealkylation sites (tertiary alicyclic amines) is 3. The van der Waals surface area contributed by atoms with Crippen LogP contribution in [0.2, 0.25) is 0 Å². The zero-order chi connectivity index (χ0) is 91.7. The maximum Gasteiger partial charge on any atom is 0.164 e. The molecule has 0 radical (unpaired) electrons. The SMILES string of the molecule is CC.CC.CC.CC.CC.CC.CC.CC.CC.CC(C)(C)N1CCC1.CC(C)(C)N1CCCC1.CC(C)(C)N1CCCCC1.CC(C)(C)N1CCCS(=O)(=O)C1.CC(C)(C)N1CCS(=O)(=O)C1.CC(C)(C)N1CCS(=O)(=O)CC1.CN(c1ccccc1)C(C)(C)C.CN1CCCN1C(C)(C)C.CN1CCN(C(C)(C)C)CC1. The first kappa shape index (κ1) is 130. The Kier molecular flexibility index (Phi) is 75.8. The van der Waals surface area contributed by atoms with Crippen molar-refractivity contribution in [3.05, 3.63) is 30.3 Å². The van der Waals surface area contributed by atoms with Crippen LogP contribution in [0.25, 0.3) is 0 Å². The predicted octanol–water partition coefficient (Wildman–Crippen LogP) is 22.0. The van der Waals surface area contributed by atoms with Crippen molar-refractivity contribution in [3.8, 4) is 0 Å². The maximum atomic E-state index is 11.3. The predicted molar refractivity (Wildman–Crippen MR) is 516 cm³/mol. The van der Waals surface area contributed by atoms with Crippen LogP contribution in [0.3, 0.4) is 0 Å². The maximum absolute atomic E-state index is 11.3. The summed E-state index contributed by atoms with van der Waals surface area (Å²) in [4.78, 5) is 21.1. The van der Waals surface area contributed by atoms with Crippen molar-refractivity contribution in [2.75, 3.05) is 166 Å². The summed E-state index contributed by atoms with van der Waals surface area (Å²) in [5.41, 5.74) is 3.46. The highest BCUT2D eigenvalue weighted by atomic mass is 32.2. The first-order valence-electron chi connectivity index (χ1n) is 45.6. The smallest absolute Gasteiger partial charge is 0.164 e. The molecule has 1 aromatic carbocycles. The molecule has 0 aromatic heterocycles. The summed E-state index contributed by atoms with van der Waals surface area (Å²) in [6.45, 7) is 114. The molecule has 0 unspecified atom stereocenters. The number of sulfone groups is 3. The summed E-state index contributed by atoms with van der Waals surface area (Å²) in [7, 11) is -1.78. The van der Waals surface area contributed by atoms with Crippen LogP contribution < -0.4 is 4.90 Å². The normalized spacial score (nSPS) is 19.6. The van der Waals surface area contributed by atoms with Gasteiger partial charge in [-0.2, -0.15) is 0 Å². The Morgan fingerprint density at radius 3 is 0.717 bits per heavy atom. The van der Waals surface area contributed by atoms with Crippen molar-refractivity contribution < 1.29 is 25.3 Å². The third-order valence-corrected chi connectivity index (χ3v) is 24.0. The summed E-state index contributed by atoms with van der Waals surface area (Å²) in [6.07, 6.45) is 10.5. The van der Waals surface area contributed by atoms with E-state index in [4.69, 9.17) is 0 Å². The van der Waals surface area contributed by atoms with Crippen LogP contribution in [0.15, 0.2) is 30.3 Å². The first-order valence-corrected chi connectivity index (χ1v) is 51.1. The Morgan fingerprint density at radius 2 is 0.504 bits per heavy atom. The van der Waals surface area contributed by atoms with Gasteiger partial charge in [-0.15, -0.1) is 0 Å². The van der Waals surface area contributed by atoms with Gasteiger partial charge < -0.3 is 9.80 Å². The number of rotatable bonds is 1. The quantitative estimate of drug-likeness (QED) is 0.263. The van der Waals surface area contributed by atoms with Gasteiger partial charge in [0.1, 0.15) is 11.8 Å². The van der Waals surface area contributed by atoms with E-state index in [1.165, 1.54) is 129 Å². The number of benzene rings is 1. The van der Waals surface area contributed by atoms with Crippen molar-refractivity contribution in [1.29, 1.82) is 0 Å². The number of para-hydroxylation sites is 1. The van der Waals surface area contributed by atoms with Gasteiger partial charge in [-0.25, -0.2) is 35.3 Å². The molecule has 0 atom stereocenters. The molecule has 0 spiro atoms. The van der Waals surface area contributed by atoms with Crippen LogP contribution in [0.4, 0.5) is 5.69 Å². The van der Waals surface area contributed by atoms with E-state index in [0.29, 0.717) is 70.3 Å². The van der Waals surface area contributed by atoms with Crippen molar-refractivity contribution in [3.63, 3.8) is 0 Å². The fourth-order valence-corrected chi connectivity index (χ4v) is 16.5. The minimum absolute atomic E-state index is 0.0103. The zero-order valence-corrected chi connectivity index (χ0v) is 88.1. The lowest BCUT2D eigenvalue weighted by Crippen LogP contribution is -2.52. The minimum Gasteiger partial charge on any atom is -0.370 e. The fourth-order valence-electron chi connectivity index (χ4n) is 11.9. The summed E-state index contributed by atoms with van der Waals surface area (Å²) in [5, 5.41) is 4.74. The Labute approximate surface area is 713 Å². The van der Waals surface area contributed by atoms with Gasteiger partial charge in [0.2, 0.25) is 0 Å². The molecule has 0 amide bonds. The lowest BCUT2D eigenvalue weighted by atomic mass is 10.0. The number of piperidine rings is 1. The molecule has 17 nitrogen and oxygen atoms in total. The second-order valence-corrected chi connectivity index (χ2v) is 43.4. The van der Waals surface area contributed by atoms with Crippen molar-refractivity contribution in [2.45, 2.75) is 413 Å². The average Bonchev–Trinajstić information content (AvgIpc) is 1.66. The second kappa shape index (κ2) is 66.1. The number of hydrogen-bond acceptors (Lipinski definition) is 17. The van der Waals surface area contributed by atoms with Gasteiger partial charge in [0.15, 0.2) is 29.5 Å². The Morgan fingerprint density at radius 1 is 0.257 bits per heavy atom. The molecule has 1 aromatic rings. The molecule has 0 saturated carbocycles. The van der Waals surface area contributed by atoms with E-state index < -0.39 is 29.5 Å². The van der Waals surface area contributed by atoms with Crippen molar-refractivity contribution in [1.82, 2.24) is 49.2 Å². The van der Waals surface area contributed by atoms with Gasteiger partial charge in [0, 0.05) is 135 Å². The van der Waals surface area contributed by atoms with E-state index in [9.17, 15) is 25.3 Å². The molecule has 690 valence electrons. The molecule has 0 N–H and O–H groups in total. The lowest BCUT2D eigenvalue weighted by molar-refractivity contribution is -0.0269. The van der Waals surface area contributed by atoms with Gasteiger partial charge in [-0.05, 0) is 290 Å². The summed E-state index contributed by atoms with van der Waals surface area (Å²) < 4.78 is 66.8. The third kappa shape index (κ3) is 65.9. The monoisotopic (exact) mass is 1670 g/mol. The van der Waals surface area contributed by atoms with Crippen LogP contribution in [-0.4, -0.2) is 285 Å². The lowest BCUT2D eigenvalue weighted by Gasteiger charge is -2.42. The highest BCUT2D eigenvalue weighted by molar-refractivity contribution is 7.92. The van der Waals surface area contributed by atoms with Gasteiger partial charge in [0.25, 0.3) is 0 Å². The van der Waals surface area contributed by atoms with Crippen LogP contribution in [-0.2, 0) is 29.5 Å². The number of hydrazine groups is 1. The summed E-state index contributed by atoms with van der Waals surface area (Å²) >= 11 is 0. The van der Waals surface area contributed by atoms with E-state index in [1.54, 1.807) is 0 Å². The second-order valence-electron chi connectivity index (χ2n) is 36.8. The molecular weight excluding hydrogens is 1460 g/mol. The molecule has 8 aliphatic rings. The standard InChI is InChI=1S/C11H17N.C9H20N2.C9H19N.C8H18N2.2C8H17NO2S.C8H17N.C7H15NO2S.C7H15N.9C2H6/c1-11(2,3)12(4)10-8-6-5-7-9-10;1-9(2,3)11-7-5-10(4)6-8-11;1-9(2,3)10-7-5-4-6-8-10;1-8(2,3)10-7-5-6-9(10)4;1-8(2,3)9-4-6-12(10,11)7-5-9;1-8(2,3)9-5-4-6-12(10,11)7-9;1-8(2,3)9-6-4-5-7-9;1-7(2,3)8-4-5-11(9,10)6-8;1-7(2,3)8-5-4-6-8;9*1-2/h5-9H,1-4H3;5-8H2,1-4H3;4-8H2,1-3H3;5-7H2,1-4H3;2*4-7H2,1-3H3;4-7H2,1-3H3;4-6H2,1-3H3;4-6H2,1-3H3;9*1-2H3. The van der Waals surface area contributed by atoms with Crippen molar-refractivity contribution in [2.24, 2.45) is 0 Å². The molecule has 113 heavy (non-hydrogen) atoms. The summed E-state index contributed by atoms with van der Waals surface area (Å²) in [6, 6.07) is 10.4. The number of anilines is 1. The number of piperazine rings is 1. The van der Waals surface area contributed by atoms with E-state index in [-0.39, 0.29) is 33.9 Å². The van der Waals surface area contributed by atoms with Gasteiger partial charge >= 0.3 is 0 Å². The molecule has 8 saturated heterocycles. The van der Waals surface area contributed by atoms with Gasteiger partial charge in [-0.3, -0.25) is 34.3 Å². The first-order chi connectivity index (χ1) is 51.8. The van der Waals surface area contributed by atoms with E-state index in [1.807, 2.05) is 182 Å². The minimum atomic E-state index is -2.79. The Hall–Kier alpha value is -1.53. The fraction of sp³-hybridized carbons (Fsp3) is 0.935. The van der Waals surface area contributed by atoms with Gasteiger partial charge in [0.05, 0.1) is 23.0 Å². The largest absolute Gasteiger partial charge is 0.370 e. The van der Waals surface area contributed by atoms with Crippen LogP contribution >= 0.6 is 0 Å². The topological polar surface area (TPSA) is 138 Å². The van der Waals surface area contributed by atoms with Crippen LogP contribution in [0.5, 0.6) is 0 Å². The molecule has 9 rings (SSSR count). The summed E-state index contributed by atoms with van der Waals surface area (Å²) in [5.74, 6) is 1.80. The zero-order valence-electron chi connectivity index (χ0n) is 85.7. The van der Waals surface area contributed by atoms with E-state index in [2.05, 4.69) is 235 Å². The number of nitrogens with zero attached hydrogens (tertiary/aromatic N) is 11. The molecule has 0 aliphatic carbocycles. The van der Waals surface area contributed by atoms with E-state index >= 15 is 0 Å². The van der Waals surface area contributed by atoms with Crippen molar-refractivity contribution >= 4 is 35.2 Å². The highest BCUT2D eigenvalue weighted by Gasteiger charge is 2.35. The third-order valence-electron chi connectivity index (χ3n) is 19.3. The Balaban J connectivity index is -0.000000150. The molecule has 8 fully saturated rings.